The summed E-state index contributed by atoms with van der Waals surface area (Å²) in [6.07, 6.45) is 7.35. The van der Waals surface area contributed by atoms with E-state index >= 15 is 0 Å². The Morgan fingerprint density at radius 1 is 0.861 bits per heavy atom. The molecule has 5 nitrogen and oxygen atoms in total. The molecule has 0 aliphatic heterocycles. The van der Waals surface area contributed by atoms with Crippen LogP contribution in [0.25, 0.3) is 11.7 Å². The summed E-state index contributed by atoms with van der Waals surface area (Å²) in [4.78, 5) is 17.7. The van der Waals surface area contributed by atoms with Gasteiger partial charge >= 0.3 is 5.97 Å². The van der Waals surface area contributed by atoms with Crippen LogP contribution in [0.5, 0.6) is 0 Å². The minimum Gasteiger partial charge on any atom is -0.461 e. The lowest BCUT2D eigenvalue weighted by Crippen LogP contribution is -2.26. The molecule has 0 amide bonds. The molecule has 0 aliphatic carbocycles. The van der Waals surface area contributed by atoms with Crippen LogP contribution in [0.1, 0.15) is 12.5 Å². The number of carbonyl (C=O) groups is 1. The number of aromatic nitrogens is 2. The molecule has 2 aromatic heterocycles. The summed E-state index contributed by atoms with van der Waals surface area (Å²) in [5.74, 6) is -0.451. The van der Waals surface area contributed by atoms with Crippen LogP contribution in [-0.4, -0.2) is 22.0 Å². The minimum absolute atomic E-state index is 0.262. The maximum Gasteiger partial charge on any atom is 0.356 e. The van der Waals surface area contributed by atoms with E-state index in [9.17, 15) is 4.79 Å². The van der Waals surface area contributed by atoms with E-state index in [0.717, 1.165) is 27.1 Å². The number of pyridine rings is 1. The first kappa shape index (κ1) is 23.5. The number of fused-ring (bicyclic) bond motifs is 1. The molecule has 5 aromatic rings. The van der Waals surface area contributed by atoms with Gasteiger partial charge in [-0.3, -0.25) is 0 Å². The number of rotatable bonds is 7. The van der Waals surface area contributed by atoms with Gasteiger partial charge in [-0.05, 0) is 30.7 Å². The number of esters is 1. The molecule has 0 saturated carbocycles. The SMILES string of the molecule is CCOC(=O)/C(=C\c1ccn2ccnc2c1)N=P(c1ccccc1)(c1ccccc1)c1ccccc1. The standard InChI is InChI=1S/C30H26N3O2P/c1-2-35-30(34)28(22-24-18-20-33-21-19-31-29(33)23-24)32-36(25-12-6-3-7-13-25,26-14-8-4-9-15-26)27-16-10-5-11-17-27/h3-23H,2H2,1H3/b28-22+. The van der Waals surface area contributed by atoms with Crippen molar-refractivity contribution in [3.8, 4) is 0 Å². The third-order valence-electron chi connectivity index (χ3n) is 5.86. The highest BCUT2D eigenvalue weighted by Crippen LogP contribution is 2.48. The molecule has 0 saturated heterocycles. The molecule has 0 bridgehead atoms. The molecule has 0 spiro atoms. The van der Waals surface area contributed by atoms with E-state index in [-0.39, 0.29) is 12.3 Å². The first-order valence-electron chi connectivity index (χ1n) is 11.8. The van der Waals surface area contributed by atoms with Crippen molar-refractivity contribution >= 4 is 40.7 Å². The predicted octanol–water partition coefficient (Wildman–Crippen LogP) is 5.42. The van der Waals surface area contributed by atoms with Gasteiger partial charge in [0, 0.05) is 34.5 Å². The van der Waals surface area contributed by atoms with Crippen LogP contribution in [0.2, 0.25) is 0 Å². The summed E-state index contributed by atoms with van der Waals surface area (Å²) in [5, 5.41) is 3.17. The highest BCUT2D eigenvalue weighted by Gasteiger charge is 2.29. The topological polar surface area (TPSA) is 56.0 Å². The van der Waals surface area contributed by atoms with Crippen LogP contribution in [0.4, 0.5) is 0 Å². The monoisotopic (exact) mass is 491 g/mol. The van der Waals surface area contributed by atoms with Gasteiger partial charge in [0.05, 0.1) is 13.7 Å². The van der Waals surface area contributed by atoms with E-state index in [1.54, 1.807) is 19.2 Å². The van der Waals surface area contributed by atoms with Crippen molar-refractivity contribution in [2.24, 2.45) is 4.74 Å². The Balaban J connectivity index is 1.85. The quantitative estimate of drug-likeness (QED) is 0.174. The Morgan fingerprint density at radius 2 is 1.42 bits per heavy atom. The van der Waals surface area contributed by atoms with Crippen molar-refractivity contribution in [3.05, 3.63) is 133 Å². The maximum absolute atomic E-state index is 13.3. The van der Waals surface area contributed by atoms with Crippen LogP contribution in [0.3, 0.4) is 0 Å². The van der Waals surface area contributed by atoms with Crippen molar-refractivity contribution in [2.75, 3.05) is 6.61 Å². The fraction of sp³-hybridized carbons (Fsp3) is 0.0667. The number of nitrogens with zero attached hydrogens (tertiary/aromatic N) is 3. The van der Waals surface area contributed by atoms with Crippen LogP contribution < -0.4 is 15.9 Å². The summed E-state index contributed by atoms with van der Waals surface area (Å²) in [6.45, 7) is 2.07. The van der Waals surface area contributed by atoms with Gasteiger partial charge in [0.15, 0.2) is 0 Å². The number of ether oxygens (including phenoxy) is 1. The van der Waals surface area contributed by atoms with Crippen molar-refractivity contribution in [3.63, 3.8) is 0 Å². The second-order valence-electron chi connectivity index (χ2n) is 8.14. The molecule has 0 aliphatic rings. The molecule has 0 fully saturated rings. The zero-order valence-electron chi connectivity index (χ0n) is 19.9. The van der Waals surface area contributed by atoms with Gasteiger partial charge in [-0.15, -0.1) is 0 Å². The summed E-state index contributed by atoms with van der Waals surface area (Å²) >= 11 is 0. The summed E-state index contributed by atoms with van der Waals surface area (Å²) in [7, 11) is -2.63. The second-order valence-corrected chi connectivity index (χ2v) is 11.2. The Bertz CT molecular complexity index is 1460. The Labute approximate surface area is 210 Å². The summed E-state index contributed by atoms with van der Waals surface area (Å²) in [6, 6.07) is 34.5. The Kier molecular flexibility index (Phi) is 6.92. The fourth-order valence-corrected chi connectivity index (χ4v) is 7.73. The number of imidazole rings is 1. The van der Waals surface area contributed by atoms with Crippen molar-refractivity contribution in [2.45, 2.75) is 6.92 Å². The van der Waals surface area contributed by atoms with Gasteiger partial charge in [-0.25, -0.2) is 14.5 Å². The average Bonchev–Trinajstić information content (AvgIpc) is 3.41. The van der Waals surface area contributed by atoms with Gasteiger partial charge in [0.1, 0.15) is 11.3 Å². The molecule has 0 N–H and O–H groups in total. The average molecular weight is 492 g/mol. The smallest absolute Gasteiger partial charge is 0.356 e. The summed E-state index contributed by atoms with van der Waals surface area (Å²) in [5.41, 5.74) is 1.90. The molecule has 2 heterocycles. The minimum atomic E-state index is -2.63. The van der Waals surface area contributed by atoms with E-state index in [1.807, 2.05) is 83.5 Å². The second kappa shape index (κ2) is 10.6. The third-order valence-corrected chi connectivity index (χ3v) is 9.51. The molecular formula is C30H26N3O2P. The number of carbonyl (C=O) groups excluding carboxylic acids is 1. The highest BCUT2D eigenvalue weighted by molar-refractivity contribution is 7.87. The Hall–Kier alpha value is -4.21. The van der Waals surface area contributed by atoms with E-state index in [4.69, 9.17) is 9.48 Å². The van der Waals surface area contributed by atoms with E-state index in [0.29, 0.717) is 0 Å². The lowest BCUT2D eigenvalue weighted by atomic mass is 10.2. The van der Waals surface area contributed by atoms with E-state index < -0.39 is 13.0 Å². The molecule has 3 aromatic carbocycles. The van der Waals surface area contributed by atoms with Gasteiger partial charge in [0.2, 0.25) is 0 Å². The van der Waals surface area contributed by atoms with E-state index in [1.165, 1.54) is 0 Å². The van der Waals surface area contributed by atoms with Gasteiger partial charge in [0.25, 0.3) is 0 Å². The molecule has 6 heteroatoms. The Morgan fingerprint density at radius 3 is 1.94 bits per heavy atom. The van der Waals surface area contributed by atoms with Crippen LogP contribution in [0.15, 0.2) is 132 Å². The van der Waals surface area contributed by atoms with Crippen molar-refractivity contribution in [1.82, 2.24) is 9.38 Å². The third kappa shape index (κ3) is 4.66. The zero-order chi connectivity index (χ0) is 24.8. The lowest BCUT2D eigenvalue weighted by Gasteiger charge is -2.27. The fourth-order valence-electron chi connectivity index (χ4n) is 4.22. The lowest BCUT2D eigenvalue weighted by molar-refractivity contribution is -0.138. The van der Waals surface area contributed by atoms with Crippen molar-refractivity contribution < 1.29 is 9.53 Å². The molecule has 0 unspecified atom stereocenters. The molecule has 0 radical (unpaired) electrons. The normalized spacial score (nSPS) is 11.9. The highest BCUT2D eigenvalue weighted by atomic mass is 31.2. The van der Waals surface area contributed by atoms with Crippen LogP contribution >= 0.6 is 7.05 Å². The number of hydrogen-bond donors (Lipinski definition) is 0. The van der Waals surface area contributed by atoms with Gasteiger partial charge in [-0.1, -0.05) is 91.0 Å². The maximum atomic E-state index is 13.3. The number of hydrogen-bond acceptors (Lipinski definition) is 4. The van der Waals surface area contributed by atoms with E-state index in [2.05, 4.69) is 41.4 Å². The van der Waals surface area contributed by atoms with Crippen molar-refractivity contribution in [1.29, 1.82) is 0 Å². The van der Waals surface area contributed by atoms with Gasteiger partial charge < -0.3 is 9.14 Å². The molecule has 5 rings (SSSR count). The first-order chi connectivity index (χ1) is 17.7. The zero-order valence-corrected chi connectivity index (χ0v) is 20.8. The molecule has 0 atom stereocenters. The molecule has 36 heavy (non-hydrogen) atoms. The number of benzene rings is 3. The summed E-state index contributed by atoms with van der Waals surface area (Å²) < 4.78 is 12.8. The molecule has 178 valence electrons. The van der Waals surface area contributed by atoms with Gasteiger partial charge in [-0.2, -0.15) is 0 Å². The predicted molar refractivity (Wildman–Crippen MR) is 147 cm³/mol. The molecular weight excluding hydrogens is 465 g/mol. The first-order valence-corrected chi connectivity index (χ1v) is 13.6. The van der Waals surface area contributed by atoms with Crippen LogP contribution in [-0.2, 0) is 9.53 Å². The largest absolute Gasteiger partial charge is 0.461 e. The van der Waals surface area contributed by atoms with Crippen LogP contribution in [0, 0.1) is 0 Å².